The summed E-state index contributed by atoms with van der Waals surface area (Å²) in [5.74, 6) is 0. The summed E-state index contributed by atoms with van der Waals surface area (Å²) in [4.78, 5) is 7.05. The van der Waals surface area contributed by atoms with Gasteiger partial charge in [0.2, 0.25) is 0 Å². The lowest BCUT2D eigenvalue weighted by Crippen LogP contribution is -2.51. The van der Waals surface area contributed by atoms with E-state index in [2.05, 4.69) is 57.8 Å². The van der Waals surface area contributed by atoms with Gasteiger partial charge in [-0.1, -0.05) is 43.7 Å². The molecule has 0 bridgehead atoms. The van der Waals surface area contributed by atoms with Crippen molar-refractivity contribution in [3.8, 4) is 0 Å². The van der Waals surface area contributed by atoms with E-state index in [4.69, 9.17) is 0 Å². The summed E-state index contributed by atoms with van der Waals surface area (Å²) in [7, 11) is 0. The predicted molar refractivity (Wildman–Crippen MR) is 88.4 cm³/mol. The SMILES string of the molecule is CCCC1CN(Cc2cscn2)C(c2ccccc2)CN1. The number of hydrogen-bond donors (Lipinski definition) is 1. The van der Waals surface area contributed by atoms with Crippen LogP contribution in [-0.2, 0) is 6.54 Å². The molecule has 1 aromatic heterocycles. The van der Waals surface area contributed by atoms with Crippen LogP contribution in [0.4, 0.5) is 0 Å². The summed E-state index contributed by atoms with van der Waals surface area (Å²) in [6, 6.07) is 11.9. The molecule has 1 aliphatic rings. The van der Waals surface area contributed by atoms with Crippen LogP contribution in [0.1, 0.15) is 37.1 Å². The molecule has 0 radical (unpaired) electrons. The van der Waals surface area contributed by atoms with Gasteiger partial charge in [0.1, 0.15) is 0 Å². The fraction of sp³-hybridized carbons (Fsp3) is 0.471. The lowest BCUT2D eigenvalue weighted by atomic mass is 9.99. The van der Waals surface area contributed by atoms with E-state index < -0.39 is 0 Å². The van der Waals surface area contributed by atoms with Crippen LogP contribution in [0.25, 0.3) is 0 Å². The molecule has 0 spiro atoms. The Morgan fingerprint density at radius 3 is 2.90 bits per heavy atom. The van der Waals surface area contributed by atoms with Crippen molar-refractivity contribution in [3.05, 3.63) is 52.5 Å². The summed E-state index contributed by atoms with van der Waals surface area (Å²) < 4.78 is 0. The molecule has 2 unspecified atom stereocenters. The first-order valence-corrected chi connectivity index (χ1v) is 8.70. The monoisotopic (exact) mass is 301 g/mol. The zero-order chi connectivity index (χ0) is 14.5. The Morgan fingerprint density at radius 1 is 1.33 bits per heavy atom. The zero-order valence-corrected chi connectivity index (χ0v) is 13.4. The number of nitrogens with one attached hydrogen (secondary N) is 1. The van der Waals surface area contributed by atoms with Crippen LogP contribution in [0, 0.1) is 0 Å². The predicted octanol–water partition coefficient (Wildman–Crippen LogP) is 3.46. The molecule has 1 aliphatic heterocycles. The van der Waals surface area contributed by atoms with E-state index in [1.807, 2.05) is 5.51 Å². The first-order chi connectivity index (χ1) is 10.4. The van der Waals surface area contributed by atoms with Crippen molar-refractivity contribution in [1.29, 1.82) is 0 Å². The minimum absolute atomic E-state index is 0.445. The summed E-state index contributed by atoms with van der Waals surface area (Å²) >= 11 is 1.68. The molecule has 1 N–H and O–H groups in total. The highest BCUT2D eigenvalue weighted by Crippen LogP contribution is 2.26. The summed E-state index contributed by atoms with van der Waals surface area (Å²) in [5.41, 5.74) is 4.52. The quantitative estimate of drug-likeness (QED) is 0.916. The number of nitrogens with zero attached hydrogens (tertiary/aromatic N) is 2. The van der Waals surface area contributed by atoms with Gasteiger partial charge < -0.3 is 5.32 Å². The summed E-state index contributed by atoms with van der Waals surface area (Å²) in [6.45, 7) is 5.34. The molecule has 3 nitrogen and oxygen atoms in total. The average Bonchev–Trinajstić information content (AvgIpc) is 3.02. The minimum Gasteiger partial charge on any atom is -0.311 e. The van der Waals surface area contributed by atoms with Gasteiger partial charge in [-0.25, -0.2) is 4.98 Å². The lowest BCUT2D eigenvalue weighted by molar-refractivity contribution is 0.117. The molecular formula is C17H23N3S. The first kappa shape index (κ1) is 14.7. The van der Waals surface area contributed by atoms with E-state index in [9.17, 15) is 0 Å². The molecule has 0 amide bonds. The normalized spacial score (nSPS) is 23.3. The standard InChI is InChI=1S/C17H23N3S/c1-2-6-15-10-20(11-16-12-21-13-19-16)17(9-18-15)14-7-4-3-5-8-14/h3-5,7-8,12-13,15,17-18H,2,6,9-11H2,1H3. The second-order valence-corrected chi connectivity index (χ2v) is 6.45. The molecule has 2 aromatic rings. The minimum atomic E-state index is 0.445. The highest BCUT2D eigenvalue weighted by atomic mass is 32.1. The highest BCUT2D eigenvalue weighted by molar-refractivity contribution is 7.07. The number of hydrogen-bond acceptors (Lipinski definition) is 4. The topological polar surface area (TPSA) is 28.2 Å². The van der Waals surface area contributed by atoms with Gasteiger partial charge in [-0.05, 0) is 12.0 Å². The molecule has 2 atom stereocenters. The first-order valence-electron chi connectivity index (χ1n) is 7.76. The van der Waals surface area contributed by atoms with Crippen molar-refractivity contribution in [2.75, 3.05) is 13.1 Å². The second-order valence-electron chi connectivity index (χ2n) is 5.73. The van der Waals surface area contributed by atoms with Crippen molar-refractivity contribution in [1.82, 2.24) is 15.2 Å². The van der Waals surface area contributed by atoms with Crippen LogP contribution in [-0.4, -0.2) is 29.0 Å². The summed E-state index contributed by atoms with van der Waals surface area (Å²) in [5, 5.41) is 5.88. The van der Waals surface area contributed by atoms with Crippen LogP contribution < -0.4 is 5.32 Å². The maximum absolute atomic E-state index is 4.47. The molecule has 112 valence electrons. The van der Waals surface area contributed by atoms with E-state index in [-0.39, 0.29) is 0 Å². The fourth-order valence-corrected chi connectivity index (χ4v) is 3.68. The molecule has 0 saturated carbocycles. The number of piperazine rings is 1. The van der Waals surface area contributed by atoms with Gasteiger partial charge in [-0.3, -0.25) is 4.90 Å². The van der Waals surface area contributed by atoms with Gasteiger partial charge in [0.25, 0.3) is 0 Å². The highest BCUT2D eigenvalue weighted by Gasteiger charge is 2.28. The Hall–Kier alpha value is -1.23. The largest absolute Gasteiger partial charge is 0.311 e. The van der Waals surface area contributed by atoms with Gasteiger partial charge in [-0.2, -0.15) is 0 Å². The number of aromatic nitrogens is 1. The van der Waals surface area contributed by atoms with E-state index in [0.29, 0.717) is 12.1 Å². The number of benzene rings is 1. The van der Waals surface area contributed by atoms with Crippen LogP contribution >= 0.6 is 11.3 Å². The molecule has 4 heteroatoms. The lowest BCUT2D eigenvalue weighted by Gasteiger charge is -2.40. The van der Waals surface area contributed by atoms with Gasteiger partial charge in [-0.15, -0.1) is 11.3 Å². The van der Waals surface area contributed by atoms with Crippen molar-refractivity contribution >= 4 is 11.3 Å². The summed E-state index contributed by atoms with van der Waals surface area (Å²) in [6.07, 6.45) is 2.48. The Labute approximate surface area is 131 Å². The maximum Gasteiger partial charge on any atom is 0.0795 e. The van der Waals surface area contributed by atoms with E-state index in [1.54, 1.807) is 11.3 Å². The average molecular weight is 301 g/mol. The molecule has 1 aromatic carbocycles. The third-order valence-corrected chi connectivity index (χ3v) is 4.80. The van der Waals surface area contributed by atoms with Gasteiger partial charge in [0.05, 0.1) is 11.2 Å². The third kappa shape index (κ3) is 3.70. The molecule has 0 aliphatic carbocycles. The molecule has 1 saturated heterocycles. The van der Waals surface area contributed by atoms with Crippen LogP contribution in [0.2, 0.25) is 0 Å². The Kier molecular flexibility index (Phi) is 5.01. The van der Waals surface area contributed by atoms with Crippen LogP contribution in [0.15, 0.2) is 41.2 Å². The van der Waals surface area contributed by atoms with Gasteiger partial charge in [0, 0.05) is 37.1 Å². The van der Waals surface area contributed by atoms with E-state index >= 15 is 0 Å². The third-order valence-electron chi connectivity index (χ3n) is 4.17. The zero-order valence-electron chi connectivity index (χ0n) is 12.5. The number of thiazole rings is 1. The Bertz CT molecular complexity index is 526. The maximum atomic E-state index is 4.47. The fourth-order valence-electron chi connectivity index (χ4n) is 3.13. The smallest absolute Gasteiger partial charge is 0.0795 e. The van der Waals surface area contributed by atoms with E-state index in [1.165, 1.54) is 24.1 Å². The van der Waals surface area contributed by atoms with Crippen LogP contribution in [0.3, 0.4) is 0 Å². The molecule has 2 heterocycles. The molecule has 3 rings (SSSR count). The van der Waals surface area contributed by atoms with Gasteiger partial charge in [0.15, 0.2) is 0 Å². The van der Waals surface area contributed by atoms with Crippen molar-refractivity contribution < 1.29 is 0 Å². The molecule has 1 fully saturated rings. The number of rotatable bonds is 5. The molecule has 21 heavy (non-hydrogen) atoms. The second kappa shape index (κ2) is 7.16. The van der Waals surface area contributed by atoms with Crippen molar-refractivity contribution in [2.45, 2.75) is 38.4 Å². The van der Waals surface area contributed by atoms with Crippen molar-refractivity contribution in [3.63, 3.8) is 0 Å². The van der Waals surface area contributed by atoms with Gasteiger partial charge >= 0.3 is 0 Å². The molecular weight excluding hydrogens is 278 g/mol. The van der Waals surface area contributed by atoms with Crippen LogP contribution in [0.5, 0.6) is 0 Å². The Morgan fingerprint density at radius 2 is 2.19 bits per heavy atom. The van der Waals surface area contributed by atoms with Crippen molar-refractivity contribution in [2.24, 2.45) is 0 Å². The Balaban J connectivity index is 1.77. The van der Waals surface area contributed by atoms with E-state index in [0.717, 1.165) is 19.6 Å².